The number of nitrogens with two attached hydrogens (primary N) is 1. The van der Waals surface area contributed by atoms with Gasteiger partial charge in [0.1, 0.15) is 11.9 Å². The van der Waals surface area contributed by atoms with Crippen LogP contribution < -0.4 is 15.2 Å². The molecule has 0 bridgehead atoms. The van der Waals surface area contributed by atoms with Gasteiger partial charge in [-0.3, -0.25) is 0 Å². The molecule has 0 aromatic heterocycles. The molecule has 0 aliphatic heterocycles. The fraction of sp³-hybridized carbons (Fsp3) is 0.500. The Morgan fingerprint density at radius 3 is 2.65 bits per heavy atom. The first-order valence-electron chi connectivity index (χ1n) is 5.45. The molecule has 17 heavy (non-hydrogen) atoms. The van der Waals surface area contributed by atoms with Gasteiger partial charge in [0.15, 0.2) is 11.6 Å². The second-order valence-electron chi connectivity index (χ2n) is 3.64. The van der Waals surface area contributed by atoms with Crippen LogP contribution in [0.3, 0.4) is 0 Å². The molecule has 4 nitrogen and oxygen atoms in total. The smallest absolute Gasteiger partial charge is 0.167 e. The van der Waals surface area contributed by atoms with Crippen molar-refractivity contribution in [3.05, 3.63) is 17.9 Å². The molecule has 1 unspecified atom stereocenters. The van der Waals surface area contributed by atoms with E-state index in [1.54, 1.807) is 14.0 Å². The molecule has 1 aromatic carbocycles. The van der Waals surface area contributed by atoms with Crippen molar-refractivity contribution in [1.29, 1.82) is 0 Å². The Morgan fingerprint density at radius 2 is 2.06 bits per heavy atom. The first-order valence-corrected chi connectivity index (χ1v) is 5.45. The first-order chi connectivity index (χ1) is 8.08. The standard InChI is InChI=1S/C12H18FNO3/c1-4-16-11-6-12(10(14)5-9(11)13)17-8(2)7-15-3/h5-6,8H,4,7,14H2,1-3H3. The summed E-state index contributed by atoms with van der Waals surface area (Å²) in [5.74, 6) is 0.0526. The summed E-state index contributed by atoms with van der Waals surface area (Å²) in [5.41, 5.74) is 5.91. The van der Waals surface area contributed by atoms with Gasteiger partial charge in [-0.15, -0.1) is 0 Å². The average molecular weight is 243 g/mol. The number of hydrogen-bond acceptors (Lipinski definition) is 4. The summed E-state index contributed by atoms with van der Waals surface area (Å²) in [5, 5.41) is 0. The summed E-state index contributed by atoms with van der Waals surface area (Å²) in [7, 11) is 1.58. The molecule has 0 aliphatic carbocycles. The van der Waals surface area contributed by atoms with Crippen LogP contribution in [0, 0.1) is 5.82 Å². The number of ether oxygens (including phenoxy) is 3. The van der Waals surface area contributed by atoms with Crippen molar-refractivity contribution in [1.82, 2.24) is 0 Å². The lowest BCUT2D eigenvalue weighted by Crippen LogP contribution is -2.18. The number of halogens is 1. The molecule has 1 atom stereocenters. The predicted octanol–water partition coefficient (Wildman–Crippen LogP) is 2.22. The Kier molecular flexibility index (Phi) is 5.03. The molecule has 0 radical (unpaired) electrons. The second-order valence-corrected chi connectivity index (χ2v) is 3.64. The van der Waals surface area contributed by atoms with Gasteiger partial charge in [-0.2, -0.15) is 0 Å². The molecule has 1 aromatic rings. The van der Waals surface area contributed by atoms with E-state index >= 15 is 0 Å². The van der Waals surface area contributed by atoms with Gasteiger partial charge in [0.2, 0.25) is 0 Å². The molecule has 0 aliphatic rings. The number of nitrogen functional groups attached to an aromatic ring is 1. The minimum absolute atomic E-state index is 0.140. The molecule has 0 saturated heterocycles. The van der Waals surface area contributed by atoms with Crippen LogP contribution in [-0.4, -0.2) is 26.4 Å². The number of rotatable bonds is 6. The maximum absolute atomic E-state index is 13.4. The summed E-state index contributed by atoms with van der Waals surface area (Å²) < 4.78 is 29.0. The van der Waals surface area contributed by atoms with Crippen molar-refractivity contribution in [2.75, 3.05) is 26.1 Å². The van der Waals surface area contributed by atoms with Gasteiger partial charge in [-0.1, -0.05) is 0 Å². The molecule has 0 saturated carbocycles. The average Bonchev–Trinajstić information content (AvgIpc) is 2.25. The molecular formula is C12H18FNO3. The predicted molar refractivity (Wildman–Crippen MR) is 63.9 cm³/mol. The Hall–Kier alpha value is -1.49. The van der Waals surface area contributed by atoms with Gasteiger partial charge in [0, 0.05) is 19.2 Å². The summed E-state index contributed by atoms with van der Waals surface area (Å²) in [6, 6.07) is 2.65. The van der Waals surface area contributed by atoms with E-state index in [2.05, 4.69) is 0 Å². The summed E-state index contributed by atoms with van der Waals surface area (Å²) in [4.78, 5) is 0. The van der Waals surface area contributed by atoms with Crippen molar-refractivity contribution in [3.8, 4) is 11.5 Å². The lowest BCUT2D eigenvalue weighted by Gasteiger charge is -2.16. The van der Waals surface area contributed by atoms with Gasteiger partial charge in [0.05, 0.1) is 18.9 Å². The third-order valence-corrected chi connectivity index (χ3v) is 2.09. The lowest BCUT2D eigenvalue weighted by atomic mass is 10.2. The zero-order valence-corrected chi connectivity index (χ0v) is 10.3. The van der Waals surface area contributed by atoms with Crippen LogP contribution in [-0.2, 0) is 4.74 Å². The normalized spacial score (nSPS) is 12.2. The van der Waals surface area contributed by atoms with E-state index < -0.39 is 5.82 Å². The van der Waals surface area contributed by atoms with Gasteiger partial charge < -0.3 is 19.9 Å². The van der Waals surface area contributed by atoms with E-state index in [1.807, 2.05) is 6.92 Å². The van der Waals surface area contributed by atoms with E-state index in [9.17, 15) is 4.39 Å². The number of anilines is 1. The largest absolute Gasteiger partial charge is 0.491 e. The highest BCUT2D eigenvalue weighted by Crippen LogP contribution is 2.30. The van der Waals surface area contributed by atoms with Crippen LogP contribution in [0.15, 0.2) is 12.1 Å². The SMILES string of the molecule is CCOc1cc(OC(C)COC)c(N)cc1F. The Morgan fingerprint density at radius 1 is 1.35 bits per heavy atom. The molecule has 0 fully saturated rings. The Balaban J connectivity index is 2.87. The highest BCUT2D eigenvalue weighted by Gasteiger charge is 2.12. The molecule has 1 rings (SSSR count). The van der Waals surface area contributed by atoms with Crippen LogP contribution in [0.4, 0.5) is 10.1 Å². The first kappa shape index (κ1) is 13.6. The van der Waals surface area contributed by atoms with E-state index in [4.69, 9.17) is 19.9 Å². The topological polar surface area (TPSA) is 53.7 Å². The third-order valence-electron chi connectivity index (χ3n) is 2.09. The number of methoxy groups -OCH3 is 1. The van der Waals surface area contributed by atoms with Gasteiger partial charge in [-0.25, -0.2) is 4.39 Å². The monoisotopic (exact) mass is 243 g/mol. The lowest BCUT2D eigenvalue weighted by molar-refractivity contribution is 0.0923. The second kappa shape index (κ2) is 6.30. The molecule has 0 amide bonds. The van der Waals surface area contributed by atoms with E-state index in [0.29, 0.717) is 19.0 Å². The molecule has 2 N–H and O–H groups in total. The minimum Gasteiger partial charge on any atom is -0.491 e. The van der Waals surface area contributed by atoms with E-state index in [1.165, 1.54) is 12.1 Å². The maximum Gasteiger partial charge on any atom is 0.167 e. The van der Waals surface area contributed by atoms with Crippen LogP contribution in [0.1, 0.15) is 13.8 Å². The number of hydrogen-bond donors (Lipinski definition) is 1. The van der Waals surface area contributed by atoms with Gasteiger partial charge in [0.25, 0.3) is 0 Å². The van der Waals surface area contributed by atoms with Crippen LogP contribution in [0.5, 0.6) is 11.5 Å². The number of benzene rings is 1. The van der Waals surface area contributed by atoms with Crippen molar-refractivity contribution in [2.45, 2.75) is 20.0 Å². The van der Waals surface area contributed by atoms with Crippen molar-refractivity contribution < 1.29 is 18.6 Å². The zero-order valence-electron chi connectivity index (χ0n) is 10.3. The minimum atomic E-state index is -0.490. The molecule has 0 heterocycles. The molecule has 96 valence electrons. The van der Waals surface area contributed by atoms with E-state index in [0.717, 1.165) is 0 Å². The van der Waals surface area contributed by atoms with Crippen molar-refractivity contribution in [2.24, 2.45) is 0 Å². The van der Waals surface area contributed by atoms with Gasteiger partial charge >= 0.3 is 0 Å². The summed E-state index contributed by atoms with van der Waals surface area (Å²) in [6.07, 6.45) is -0.165. The summed E-state index contributed by atoms with van der Waals surface area (Å²) in [6.45, 7) is 4.44. The Labute approximate surface area is 100 Å². The van der Waals surface area contributed by atoms with Crippen LogP contribution in [0.2, 0.25) is 0 Å². The highest BCUT2D eigenvalue weighted by molar-refractivity contribution is 5.56. The molecule has 0 spiro atoms. The van der Waals surface area contributed by atoms with E-state index in [-0.39, 0.29) is 17.5 Å². The fourth-order valence-corrected chi connectivity index (χ4v) is 1.40. The van der Waals surface area contributed by atoms with Crippen LogP contribution in [0.25, 0.3) is 0 Å². The molecule has 5 heteroatoms. The highest BCUT2D eigenvalue weighted by atomic mass is 19.1. The summed E-state index contributed by atoms with van der Waals surface area (Å²) >= 11 is 0. The Bertz CT molecular complexity index is 371. The quantitative estimate of drug-likeness (QED) is 0.778. The fourth-order valence-electron chi connectivity index (χ4n) is 1.40. The van der Waals surface area contributed by atoms with Crippen molar-refractivity contribution in [3.63, 3.8) is 0 Å². The van der Waals surface area contributed by atoms with Crippen molar-refractivity contribution >= 4 is 5.69 Å². The third kappa shape index (κ3) is 3.78. The molecular weight excluding hydrogens is 225 g/mol. The zero-order chi connectivity index (χ0) is 12.8. The van der Waals surface area contributed by atoms with Gasteiger partial charge in [-0.05, 0) is 13.8 Å². The van der Waals surface area contributed by atoms with Crippen LogP contribution >= 0.6 is 0 Å². The maximum atomic E-state index is 13.4.